The topological polar surface area (TPSA) is 0 Å². The minimum atomic E-state index is 0.846. The van der Waals surface area contributed by atoms with Crippen LogP contribution in [-0.2, 0) is 0 Å². The van der Waals surface area contributed by atoms with E-state index in [9.17, 15) is 0 Å². The maximum Gasteiger partial charge on any atom is -0.0261 e. The molecule has 0 spiro atoms. The van der Waals surface area contributed by atoms with E-state index in [4.69, 9.17) is 0 Å². The fourth-order valence-electron chi connectivity index (χ4n) is 4.20. The van der Waals surface area contributed by atoms with Crippen molar-refractivity contribution in [3.8, 4) is 0 Å². The van der Waals surface area contributed by atoms with E-state index in [0.29, 0.717) is 0 Å². The van der Waals surface area contributed by atoms with E-state index in [2.05, 4.69) is 20.8 Å². The van der Waals surface area contributed by atoms with Gasteiger partial charge in [0.15, 0.2) is 0 Å². The zero-order chi connectivity index (χ0) is 8.77. The van der Waals surface area contributed by atoms with Crippen molar-refractivity contribution in [1.82, 2.24) is 0 Å². The third kappa shape index (κ3) is 0.900. The van der Waals surface area contributed by atoms with E-state index in [1.165, 1.54) is 25.7 Å². The van der Waals surface area contributed by atoms with Gasteiger partial charge in [0.25, 0.3) is 0 Å². The molecule has 2 rings (SSSR count). The Kier molecular flexibility index (Phi) is 1.97. The Morgan fingerprint density at radius 1 is 1.25 bits per heavy atom. The Bertz CT molecular complexity index is 173. The largest absolute Gasteiger partial charge is 0.0654 e. The number of hydrogen-bond donors (Lipinski definition) is 0. The molecular weight excluding hydrogens is 144 g/mol. The van der Waals surface area contributed by atoms with Crippen molar-refractivity contribution >= 4 is 0 Å². The Morgan fingerprint density at radius 2 is 2.00 bits per heavy atom. The summed E-state index contributed by atoms with van der Waals surface area (Å²) < 4.78 is 0. The SMILES string of the molecule is CCCC1CC2(CC)CC(C)C12. The molecule has 0 aromatic heterocycles. The highest BCUT2D eigenvalue weighted by Crippen LogP contribution is 2.69. The van der Waals surface area contributed by atoms with Crippen molar-refractivity contribution in [2.75, 3.05) is 0 Å². The van der Waals surface area contributed by atoms with Crippen LogP contribution in [0.3, 0.4) is 0 Å². The van der Waals surface area contributed by atoms with Crippen molar-refractivity contribution in [2.24, 2.45) is 23.2 Å². The van der Waals surface area contributed by atoms with Gasteiger partial charge in [0.2, 0.25) is 0 Å². The van der Waals surface area contributed by atoms with E-state index >= 15 is 0 Å². The van der Waals surface area contributed by atoms with Crippen LogP contribution in [0.2, 0.25) is 0 Å². The molecule has 4 atom stereocenters. The first-order valence-corrected chi connectivity index (χ1v) is 5.73. The van der Waals surface area contributed by atoms with Crippen LogP contribution < -0.4 is 0 Å². The molecule has 2 saturated carbocycles. The summed E-state index contributed by atoms with van der Waals surface area (Å²) in [5, 5.41) is 0. The quantitative estimate of drug-likeness (QED) is 0.597. The standard InChI is InChI=1S/C12H22/c1-4-6-10-8-12(5-2)7-9(3)11(10)12/h9-11H,4-8H2,1-3H3. The molecule has 0 aromatic rings. The predicted octanol–water partition coefficient (Wildman–Crippen LogP) is 3.86. The van der Waals surface area contributed by atoms with Crippen LogP contribution in [0.5, 0.6) is 0 Å². The summed E-state index contributed by atoms with van der Waals surface area (Å²) in [5.41, 5.74) is 0.846. The van der Waals surface area contributed by atoms with Crippen LogP contribution in [0.15, 0.2) is 0 Å². The summed E-state index contributed by atoms with van der Waals surface area (Å²) in [5.74, 6) is 3.29. The van der Waals surface area contributed by atoms with Crippen molar-refractivity contribution in [2.45, 2.75) is 52.9 Å². The summed E-state index contributed by atoms with van der Waals surface area (Å²) in [4.78, 5) is 0. The molecule has 0 saturated heterocycles. The van der Waals surface area contributed by atoms with Gasteiger partial charge in [-0.1, -0.05) is 40.0 Å². The summed E-state index contributed by atoms with van der Waals surface area (Å²) in [7, 11) is 0. The Balaban J connectivity index is 1.94. The highest BCUT2D eigenvalue weighted by molar-refractivity contribution is 5.10. The summed E-state index contributed by atoms with van der Waals surface area (Å²) in [6.45, 7) is 7.18. The molecule has 0 heterocycles. The number of rotatable bonds is 3. The van der Waals surface area contributed by atoms with Crippen molar-refractivity contribution in [1.29, 1.82) is 0 Å². The molecule has 2 aliphatic carbocycles. The molecule has 0 aliphatic heterocycles. The van der Waals surface area contributed by atoms with E-state index in [1.807, 2.05) is 0 Å². The lowest BCUT2D eigenvalue weighted by Crippen LogP contribution is -2.59. The second-order valence-electron chi connectivity index (χ2n) is 5.18. The maximum absolute atomic E-state index is 2.46. The lowest BCUT2D eigenvalue weighted by Gasteiger charge is -2.67. The highest BCUT2D eigenvalue weighted by Gasteiger charge is 2.61. The van der Waals surface area contributed by atoms with Crippen molar-refractivity contribution in [3.05, 3.63) is 0 Å². The minimum Gasteiger partial charge on any atom is -0.0654 e. The fraction of sp³-hybridized carbons (Fsp3) is 1.00. The second kappa shape index (κ2) is 2.75. The Morgan fingerprint density at radius 3 is 2.50 bits per heavy atom. The molecule has 0 aromatic carbocycles. The molecule has 0 radical (unpaired) electrons. The van der Waals surface area contributed by atoms with E-state index in [0.717, 1.165) is 23.2 Å². The van der Waals surface area contributed by atoms with Crippen LogP contribution in [0.25, 0.3) is 0 Å². The third-order valence-electron chi connectivity index (χ3n) is 4.59. The van der Waals surface area contributed by atoms with Gasteiger partial charge in [-0.2, -0.15) is 0 Å². The van der Waals surface area contributed by atoms with E-state index in [-0.39, 0.29) is 0 Å². The first-order valence-electron chi connectivity index (χ1n) is 5.73. The van der Waals surface area contributed by atoms with Gasteiger partial charge in [0, 0.05) is 0 Å². The van der Waals surface area contributed by atoms with Gasteiger partial charge in [-0.25, -0.2) is 0 Å². The lowest BCUT2D eigenvalue weighted by atomic mass is 9.37. The van der Waals surface area contributed by atoms with Gasteiger partial charge in [-0.05, 0) is 36.0 Å². The molecule has 0 heteroatoms. The Hall–Kier alpha value is 0. The van der Waals surface area contributed by atoms with Crippen LogP contribution in [0.1, 0.15) is 52.9 Å². The fourth-order valence-corrected chi connectivity index (χ4v) is 4.20. The molecule has 12 heavy (non-hydrogen) atoms. The van der Waals surface area contributed by atoms with Gasteiger partial charge in [0.05, 0.1) is 0 Å². The average molecular weight is 166 g/mol. The lowest BCUT2D eigenvalue weighted by molar-refractivity contribution is -0.183. The number of fused-ring (bicyclic) bond motifs is 1. The monoisotopic (exact) mass is 166 g/mol. The van der Waals surface area contributed by atoms with Crippen LogP contribution in [-0.4, -0.2) is 0 Å². The highest BCUT2D eigenvalue weighted by atomic mass is 14.7. The zero-order valence-corrected chi connectivity index (χ0v) is 8.77. The molecule has 0 amide bonds. The van der Waals surface area contributed by atoms with Crippen LogP contribution >= 0.6 is 0 Å². The molecule has 0 bridgehead atoms. The molecule has 2 aliphatic rings. The summed E-state index contributed by atoms with van der Waals surface area (Å²) in [6, 6.07) is 0. The Labute approximate surface area is 76.7 Å². The first kappa shape index (κ1) is 8.59. The van der Waals surface area contributed by atoms with Crippen molar-refractivity contribution in [3.63, 3.8) is 0 Å². The van der Waals surface area contributed by atoms with Crippen LogP contribution in [0, 0.1) is 23.2 Å². The minimum absolute atomic E-state index is 0.846. The van der Waals surface area contributed by atoms with Crippen molar-refractivity contribution < 1.29 is 0 Å². The van der Waals surface area contributed by atoms with Crippen LogP contribution in [0.4, 0.5) is 0 Å². The molecule has 2 fully saturated rings. The van der Waals surface area contributed by atoms with Gasteiger partial charge >= 0.3 is 0 Å². The average Bonchev–Trinajstić information content (AvgIpc) is 2.00. The molecule has 0 nitrogen and oxygen atoms in total. The first-order chi connectivity index (χ1) is 5.73. The summed E-state index contributed by atoms with van der Waals surface area (Å²) in [6.07, 6.45) is 7.44. The second-order valence-corrected chi connectivity index (χ2v) is 5.18. The number of hydrogen-bond acceptors (Lipinski definition) is 0. The molecular formula is C12H22. The van der Waals surface area contributed by atoms with Gasteiger partial charge < -0.3 is 0 Å². The van der Waals surface area contributed by atoms with Gasteiger partial charge in [-0.15, -0.1) is 0 Å². The summed E-state index contributed by atoms with van der Waals surface area (Å²) >= 11 is 0. The predicted molar refractivity (Wildman–Crippen MR) is 53.0 cm³/mol. The molecule has 0 N–H and O–H groups in total. The van der Waals surface area contributed by atoms with Gasteiger partial charge in [0.1, 0.15) is 0 Å². The molecule has 4 unspecified atom stereocenters. The normalized spacial score (nSPS) is 50.8. The van der Waals surface area contributed by atoms with E-state index < -0.39 is 0 Å². The molecule has 70 valence electrons. The van der Waals surface area contributed by atoms with Gasteiger partial charge in [-0.3, -0.25) is 0 Å². The third-order valence-corrected chi connectivity index (χ3v) is 4.59. The zero-order valence-electron chi connectivity index (χ0n) is 8.77. The van der Waals surface area contributed by atoms with E-state index in [1.54, 1.807) is 6.42 Å². The maximum atomic E-state index is 2.46. The smallest absolute Gasteiger partial charge is 0.0261 e.